The number of hydrogen-bond acceptors (Lipinski definition) is 4. The number of rotatable bonds is 5. The lowest BCUT2D eigenvalue weighted by Gasteiger charge is -2.20. The summed E-state index contributed by atoms with van der Waals surface area (Å²) in [5, 5.41) is 13.7. The van der Waals surface area contributed by atoms with Crippen molar-refractivity contribution in [3.63, 3.8) is 0 Å². The van der Waals surface area contributed by atoms with Crippen molar-refractivity contribution < 1.29 is 0 Å². The van der Waals surface area contributed by atoms with Gasteiger partial charge in [0.25, 0.3) is 0 Å². The highest BCUT2D eigenvalue weighted by molar-refractivity contribution is 5.93. The smallest absolute Gasteiger partial charge is 0.103 e. The Labute approximate surface area is 136 Å². The van der Waals surface area contributed by atoms with E-state index < -0.39 is 0 Å². The molecule has 114 valence electrons. The van der Waals surface area contributed by atoms with Crippen LogP contribution in [0, 0.1) is 11.3 Å². The Morgan fingerprint density at radius 1 is 1.09 bits per heavy atom. The maximum Gasteiger partial charge on any atom is 0.103 e. The predicted octanol–water partition coefficient (Wildman–Crippen LogP) is 3.65. The van der Waals surface area contributed by atoms with Crippen LogP contribution in [0.1, 0.15) is 5.56 Å². The summed E-state index contributed by atoms with van der Waals surface area (Å²) in [7, 11) is 2.06. The first-order valence-electron chi connectivity index (χ1n) is 7.57. The second-order valence-corrected chi connectivity index (χ2v) is 5.36. The van der Waals surface area contributed by atoms with Crippen molar-refractivity contribution in [1.29, 1.82) is 5.26 Å². The Kier molecular flexibility index (Phi) is 4.39. The fourth-order valence-electron chi connectivity index (χ4n) is 2.58. The van der Waals surface area contributed by atoms with Crippen molar-refractivity contribution in [2.75, 3.05) is 30.4 Å². The summed E-state index contributed by atoms with van der Waals surface area (Å²) >= 11 is 0. The lowest BCUT2D eigenvalue weighted by atomic mass is 10.1. The number of nitrogens with zero attached hydrogens (tertiary/aromatic N) is 3. The molecule has 23 heavy (non-hydrogen) atoms. The number of anilines is 2. The predicted molar refractivity (Wildman–Crippen MR) is 94.7 cm³/mol. The van der Waals surface area contributed by atoms with E-state index in [1.807, 2.05) is 42.5 Å². The van der Waals surface area contributed by atoms with Gasteiger partial charge in [-0.1, -0.05) is 36.4 Å². The summed E-state index contributed by atoms with van der Waals surface area (Å²) in [6, 6.07) is 20.3. The van der Waals surface area contributed by atoms with E-state index >= 15 is 0 Å². The molecule has 0 radical (unpaired) electrons. The van der Waals surface area contributed by atoms with Gasteiger partial charge in [-0.25, -0.2) is 0 Å². The number of likely N-dealkylation sites (N-methyl/N-ethyl adjacent to an activating group) is 1. The molecule has 2 aromatic carbocycles. The highest BCUT2D eigenvalue weighted by Gasteiger charge is 2.08. The molecule has 3 rings (SSSR count). The molecule has 1 heterocycles. The van der Waals surface area contributed by atoms with Crippen LogP contribution in [-0.2, 0) is 0 Å². The van der Waals surface area contributed by atoms with E-state index in [0.29, 0.717) is 5.56 Å². The summed E-state index contributed by atoms with van der Waals surface area (Å²) in [6.45, 7) is 1.58. The maximum atomic E-state index is 9.32. The molecule has 0 bridgehead atoms. The minimum Gasteiger partial charge on any atom is -0.382 e. The second kappa shape index (κ2) is 6.80. The van der Waals surface area contributed by atoms with Crippen molar-refractivity contribution in [3.05, 3.63) is 66.4 Å². The van der Waals surface area contributed by atoms with E-state index in [0.717, 1.165) is 29.7 Å². The zero-order valence-corrected chi connectivity index (χ0v) is 13.0. The Morgan fingerprint density at radius 3 is 2.61 bits per heavy atom. The molecule has 1 N–H and O–H groups in total. The largest absolute Gasteiger partial charge is 0.382 e. The molecule has 4 heteroatoms. The Balaban J connectivity index is 1.76. The number of para-hydroxylation sites is 2. The number of benzene rings is 2. The topological polar surface area (TPSA) is 52.0 Å². The van der Waals surface area contributed by atoms with Crippen molar-refractivity contribution in [2.45, 2.75) is 0 Å². The number of nitrogens with one attached hydrogen (secondary N) is 1. The number of fused-ring (bicyclic) bond motifs is 1. The van der Waals surface area contributed by atoms with Crippen LogP contribution in [0.3, 0.4) is 0 Å². The summed E-state index contributed by atoms with van der Waals surface area (Å²) in [5.74, 6) is 0. The summed E-state index contributed by atoms with van der Waals surface area (Å²) in [6.07, 6.45) is 1.63. The van der Waals surface area contributed by atoms with Crippen LogP contribution in [0.25, 0.3) is 10.9 Å². The van der Waals surface area contributed by atoms with Gasteiger partial charge < -0.3 is 10.2 Å². The normalized spacial score (nSPS) is 10.3. The second-order valence-electron chi connectivity index (χ2n) is 5.36. The average molecular weight is 302 g/mol. The van der Waals surface area contributed by atoms with Crippen LogP contribution in [0.5, 0.6) is 0 Å². The molecule has 0 saturated heterocycles. The Morgan fingerprint density at radius 2 is 1.83 bits per heavy atom. The number of pyridine rings is 1. The lowest BCUT2D eigenvalue weighted by Crippen LogP contribution is -2.24. The minimum atomic E-state index is 0.575. The summed E-state index contributed by atoms with van der Waals surface area (Å²) in [4.78, 5) is 6.51. The molecule has 0 unspecified atom stereocenters. The molecule has 0 spiro atoms. The molecule has 0 amide bonds. The van der Waals surface area contributed by atoms with E-state index in [9.17, 15) is 5.26 Å². The summed E-state index contributed by atoms with van der Waals surface area (Å²) in [5.41, 5.74) is 3.51. The average Bonchev–Trinajstić information content (AvgIpc) is 2.62. The molecule has 0 saturated carbocycles. The van der Waals surface area contributed by atoms with Gasteiger partial charge in [-0.15, -0.1) is 0 Å². The van der Waals surface area contributed by atoms with Crippen LogP contribution in [0.2, 0.25) is 0 Å². The molecule has 0 aliphatic rings. The standard InChI is InChI=1S/C19H18N4/c1-23(16-7-3-2-4-8-16)12-11-21-19-15(13-20)14-22-18-10-6-5-9-17(18)19/h2-10,14H,11-12H2,1H3,(H,21,22). The highest BCUT2D eigenvalue weighted by Crippen LogP contribution is 2.25. The molecular weight excluding hydrogens is 284 g/mol. The Bertz CT molecular complexity index is 837. The van der Waals surface area contributed by atoms with Gasteiger partial charge in [0, 0.05) is 37.4 Å². The molecule has 0 aliphatic heterocycles. The third-order valence-electron chi connectivity index (χ3n) is 3.84. The van der Waals surface area contributed by atoms with Crippen molar-refractivity contribution in [1.82, 2.24) is 4.98 Å². The zero-order valence-electron chi connectivity index (χ0n) is 13.0. The fourth-order valence-corrected chi connectivity index (χ4v) is 2.58. The first-order valence-corrected chi connectivity index (χ1v) is 7.57. The van der Waals surface area contributed by atoms with Gasteiger partial charge in [-0.05, 0) is 18.2 Å². The van der Waals surface area contributed by atoms with E-state index in [2.05, 4.69) is 40.5 Å². The number of aromatic nitrogens is 1. The van der Waals surface area contributed by atoms with Crippen LogP contribution in [-0.4, -0.2) is 25.1 Å². The van der Waals surface area contributed by atoms with Gasteiger partial charge in [-0.3, -0.25) is 4.98 Å². The Hall–Kier alpha value is -3.06. The van der Waals surface area contributed by atoms with Crippen LogP contribution >= 0.6 is 0 Å². The van der Waals surface area contributed by atoms with E-state index in [1.54, 1.807) is 6.20 Å². The van der Waals surface area contributed by atoms with Crippen molar-refractivity contribution >= 4 is 22.3 Å². The van der Waals surface area contributed by atoms with E-state index in [-0.39, 0.29) is 0 Å². The minimum absolute atomic E-state index is 0.575. The molecule has 4 nitrogen and oxygen atoms in total. The van der Waals surface area contributed by atoms with Crippen LogP contribution in [0.4, 0.5) is 11.4 Å². The quantitative estimate of drug-likeness (QED) is 0.781. The molecule has 1 aromatic heterocycles. The third kappa shape index (κ3) is 3.24. The molecule has 3 aromatic rings. The molecule has 0 fully saturated rings. The first kappa shape index (κ1) is 14.9. The van der Waals surface area contributed by atoms with Gasteiger partial charge in [0.2, 0.25) is 0 Å². The molecular formula is C19H18N4. The number of hydrogen-bond donors (Lipinski definition) is 1. The van der Waals surface area contributed by atoms with Crippen LogP contribution in [0.15, 0.2) is 60.8 Å². The summed E-state index contributed by atoms with van der Waals surface area (Å²) < 4.78 is 0. The number of nitriles is 1. The monoisotopic (exact) mass is 302 g/mol. The third-order valence-corrected chi connectivity index (χ3v) is 3.84. The fraction of sp³-hybridized carbons (Fsp3) is 0.158. The van der Waals surface area contributed by atoms with Gasteiger partial charge in [-0.2, -0.15) is 5.26 Å². The maximum absolute atomic E-state index is 9.32. The lowest BCUT2D eigenvalue weighted by molar-refractivity contribution is 0.915. The van der Waals surface area contributed by atoms with Gasteiger partial charge >= 0.3 is 0 Å². The van der Waals surface area contributed by atoms with E-state index in [1.165, 1.54) is 5.69 Å². The van der Waals surface area contributed by atoms with Crippen molar-refractivity contribution in [2.24, 2.45) is 0 Å². The molecule has 0 atom stereocenters. The molecule has 0 aliphatic carbocycles. The van der Waals surface area contributed by atoms with Crippen molar-refractivity contribution in [3.8, 4) is 6.07 Å². The van der Waals surface area contributed by atoms with Gasteiger partial charge in [0.15, 0.2) is 0 Å². The van der Waals surface area contributed by atoms with Crippen LogP contribution < -0.4 is 10.2 Å². The zero-order chi connectivity index (χ0) is 16.1. The van der Waals surface area contributed by atoms with Gasteiger partial charge in [0.05, 0.1) is 16.8 Å². The highest BCUT2D eigenvalue weighted by atomic mass is 15.1. The van der Waals surface area contributed by atoms with Gasteiger partial charge in [0.1, 0.15) is 6.07 Å². The van der Waals surface area contributed by atoms with E-state index in [4.69, 9.17) is 0 Å². The SMILES string of the molecule is CN(CCNc1c(C#N)cnc2ccccc12)c1ccccc1. The first-order chi connectivity index (χ1) is 11.3.